The SMILES string of the molecule is CC(C)C[C@H](NC(=O)[C@H](CCCCN)NC(=O)[C@H](CC(C)C)NC(=O)[C@H](CC(C)C)NC(=O)[C@H](CCCCN)NC(=O)[C@H](CCCCN)NC(=O)[C@H](CC(C)C)NC(=O)[C@H](CC(C)C)NC(=O)[C@H](CCCCNc1c2ccccc2nc2ccccc12)NC(=O)[C@H](CC(C)C)NC(=O)[C@H](CC(C)C)NC(=O)[C@H](CCCCN)NC(=O)[C@H](CCCCN)NC(=O)[C@@H](N)CC(C)C)C(=O)N[C@@H](CCCCN)C(=O)NCC(=O)O. The van der Waals surface area contributed by atoms with Crippen LogP contribution in [0.25, 0.3) is 21.8 Å². The second-order valence-electron chi connectivity index (χ2n) is 42.3. The van der Waals surface area contributed by atoms with E-state index in [-0.39, 0.29) is 163 Å². The predicted molar refractivity (Wildman–Crippen MR) is 570 cm³/mol. The molecule has 0 aliphatic heterocycles. The number of pyridine rings is 1. The number of amides is 15. The van der Waals surface area contributed by atoms with Crippen molar-refractivity contribution in [3.8, 4) is 0 Å². The quantitative estimate of drug-likeness (QED) is 0.0274. The van der Waals surface area contributed by atoms with Crippen LogP contribution in [-0.2, 0) is 76.7 Å². The fourth-order valence-electron chi connectivity index (χ4n) is 17.2. The zero-order chi connectivity index (χ0) is 109. The highest BCUT2D eigenvalue weighted by Gasteiger charge is 2.40. The summed E-state index contributed by atoms with van der Waals surface area (Å²) in [6, 6.07) is -3.38. The molecule has 0 aliphatic rings. The number of anilines is 1. The Morgan fingerprint density at radius 1 is 0.247 bits per heavy atom. The van der Waals surface area contributed by atoms with Crippen molar-refractivity contribution < 1.29 is 81.8 Å². The van der Waals surface area contributed by atoms with Crippen molar-refractivity contribution in [2.45, 2.75) is 388 Å². The highest BCUT2D eigenvalue weighted by atomic mass is 16.4. The maximum Gasteiger partial charge on any atom is 0.322 e. The molecule has 41 nitrogen and oxygen atoms in total. The van der Waals surface area contributed by atoms with E-state index in [4.69, 9.17) is 45.1 Å². The number of unbranched alkanes of at least 4 members (excludes halogenated alkanes) is 7. The molecule has 0 radical (unpaired) electrons. The van der Waals surface area contributed by atoms with Gasteiger partial charge in [-0.15, -0.1) is 0 Å². The van der Waals surface area contributed by atoms with Gasteiger partial charge in [0.2, 0.25) is 88.6 Å². The first-order chi connectivity index (χ1) is 69.2. The van der Waals surface area contributed by atoms with E-state index < -0.39 is 192 Å². The Labute approximate surface area is 865 Å². The fourth-order valence-corrected chi connectivity index (χ4v) is 17.2. The molecule has 15 amide bonds. The summed E-state index contributed by atoms with van der Waals surface area (Å²) in [6.45, 7) is 30.8. The van der Waals surface area contributed by atoms with Crippen molar-refractivity contribution in [3.63, 3.8) is 0 Å². The van der Waals surface area contributed by atoms with Gasteiger partial charge in [0.05, 0.1) is 22.8 Å². The molecular formula is C105H184N24O17. The minimum Gasteiger partial charge on any atom is -0.480 e. The number of hydrogen-bond acceptors (Lipinski definition) is 25. The third kappa shape index (κ3) is 50.7. The molecule has 3 rings (SSSR count). The number of benzene rings is 2. The van der Waals surface area contributed by atoms with Crippen LogP contribution in [0.15, 0.2) is 48.5 Å². The van der Waals surface area contributed by atoms with E-state index in [0.29, 0.717) is 116 Å². The van der Waals surface area contributed by atoms with E-state index in [1.165, 1.54) is 0 Å². The monoisotopic (exact) mass is 2050 g/mol. The van der Waals surface area contributed by atoms with Crippen LogP contribution in [0, 0.1) is 47.3 Å². The maximum absolute atomic E-state index is 15.5. The van der Waals surface area contributed by atoms with E-state index in [0.717, 1.165) is 27.5 Å². The number of hydrogen-bond donors (Lipinski definition) is 24. The second kappa shape index (κ2) is 70.9. The molecule has 0 saturated heterocycles. The first kappa shape index (κ1) is 129. The van der Waals surface area contributed by atoms with Gasteiger partial charge in [-0.25, -0.2) is 4.98 Å². The summed E-state index contributed by atoms with van der Waals surface area (Å²) < 4.78 is 0. The highest BCUT2D eigenvalue weighted by molar-refractivity contribution is 6.08. The lowest BCUT2D eigenvalue weighted by molar-refractivity contribution is -0.138. The molecule has 1 aromatic heterocycles. The fraction of sp³-hybridized carbons (Fsp3) is 0.724. The summed E-state index contributed by atoms with van der Waals surface area (Å²) in [5, 5.41) is 56.8. The third-order valence-electron chi connectivity index (χ3n) is 24.8. The number of aromatic nitrogens is 1. The average Bonchev–Trinajstić information content (AvgIpc) is 0.775. The number of nitrogens with one attached hydrogen (secondary N) is 16. The Morgan fingerprint density at radius 3 is 0.637 bits per heavy atom. The van der Waals surface area contributed by atoms with Gasteiger partial charge in [0.15, 0.2) is 0 Å². The molecule has 0 unspecified atom stereocenters. The van der Waals surface area contributed by atoms with Gasteiger partial charge in [0.1, 0.15) is 91.1 Å². The van der Waals surface area contributed by atoms with Crippen molar-refractivity contribution in [2.75, 3.05) is 57.7 Å². The number of aliphatic carboxylic acids is 1. The summed E-state index contributed by atoms with van der Waals surface area (Å²) in [5.41, 5.74) is 44.0. The summed E-state index contributed by atoms with van der Waals surface area (Å²) >= 11 is 0. The summed E-state index contributed by atoms with van der Waals surface area (Å²) in [7, 11) is 0. The van der Waals surface area contributed by atoms with Gasteiger partial charge in [-0.05, 0) is 285 Å². The molecule has 0 spiro atoms. The van der Waals surface area contributed by atoms with E-state index in [9.17, 15) is 48.3 Å². The number of carbonyl (C=O) groups excluding carboxylic acids is 15. The summed E-state index contributed by atoms with van der Waals surface area (Å²) in [5.74, 6) is -13.9. The van der Waals surface area contributed by atoms with Gasteiger partial charge in [0, 0.05) is 17.3 Å². The van der Waals surface area contributed by atoms with Gasteiger partial charge in [-0.1, -0.05) is 147 Å². The lowest BCUT2D eigenvalue weighted by atomic mass is 9.98. The highest BCUT2D eigenvalue weighted by Crippen LogP contribution is 2.31. The second-order valence-corrected chi connectivity index (χ2v) is 42.3. The van der Waals surface area contributed by atoms with Crippen LogP contribution in [0.2, 0.25) is 0 Å². The first-order valence-corrected chi connectivity index (χ1v) is 53.4. The summed E-state index contributed by atoms with van der Waals surface area (Å²) in [4.78, 5) is 237. The lowest BCUT2D eigenvalue weighted by Crippen LogP contribution is -2.61. The van der Waals surface area contributed by atoms with E-state index in [1.807, 2.05) is 159 Å². The molecule has 3 aromatic rings. The zero-order valence-electron chi connectivity index (χ0n) is 90.0. The van der Waals surface area contributed by atoms with Crippen molar-refractivity contribution >= 4 is 122 Å². The Bertz CT molecular complexity index is 4470. The van der Waals surface area contributed by atoms with E-state index in [2.05, 4.69) is 85.1 Å². The number of carboxylic acid groups (broad SMARTS) is 1. The number of carbonyl (C=O) groups is 16. The minimum atomic E-state index is -1.36. The number of rotatable bonds is 77. The Balaban J connectivity index is 2.11. The Kier molecular flexibility index (Phi) is 62.8. The molecule has 0 aliphatic carbocycles. The van der Waals surface area contributed by atoms with E-state index in [1.54, 1.807) is 0 Å². The maximum atomic E-state index is 15.5. The molecule has 826 valence electrons. The molecule has 41 heteroatoms. The van der Waals surface area contributed by atoms with Gasteiger partial charge in [-0.2, -0.15) is 0 Å². The molecule has 146 heavy (non-hydrogen) atoms. The van der Waals surface area contributed by atoms with Crippen LogP contribution in [-0.4, -0.2) is 248 Å². The standard InChI is InChI=1S/C105H184N24O17/c1-62(2)53-72(112)91(132)116-76(40-22-29-47-107)93(134)118-78(42-24-31-49-109)95(136)124-86(58-67(11)12)104(145)129-85(57-66(9)10)102(143)122-81(45-27-34-52-113-90-70-35-17-19-37-73(70)115-74-38-20-18-36-71(74)90)98(139)126-88(60-69(15)16)105(146)127-83(55-64(5)6)100(141)120-77(41-23-30-48-108)94(135)119-79(43-25-32-50-110)96(137)125-87(59-68(13)14)103(144)128-84(56-65(7)8)101(142)121-80(44-26-33-51-111)97(138)123-82(54-63(3)4)99(140)117-75(39-21-28-46-106)92(133)114-61-89(130)131/h17-20,35-38,62-69,72,75-88H,21-34,39-61,106-112H2,1-16H3,(H,113,115)(H,114,133)(H,116,132)(H,117,140)(H,118,134)(H,119,135)(H,120,141)(H,121,142)(H,122,143)(H,123,138)(H,124,136)(H,125,137)(H,126,139)(H,127,146)(H,128,144)(H,129,145)(H,130,131)/t72-,75-,76-,77-,78-,79-,80-,81-,82-,83-,84-,85-,86-,87-,88-/m0/s1. The van der Waals surface area contributed by atoms with Crippen LogP contribution >= 0.6 is 0 Å². The molecular weight excluding hydrogens is 1870 g/mol. The topological polar surface area (TPSA) is 681 Å². The smallest absolute Gasteiger partial charge is 0.322 e. The van der Waals surface area contributed by atoms with Crippen LogP contribution in [0.5, 0.6) is 0 Å². The molecule has 31 N–H and O–H groups in total. The van der Waals surface area contributed by atoms with Crippen molar-refractivity contribution in [2.24, 2.45) is 87.5 Å². The molecule has 1 heterocycles. The van der Waals surface area contributed by atoms with E-state index >= 15 is 33.6 Å². The number of nitrogens with two attached hydrogens (primary N) is 7. The Morgan fingerprint density at radius 2 is 0.432 bits per heavy atom. The minimum absolute atomic E-state index is 0.000897. The van der Waals surface area contributed by atoms with Gasteiger partial charge < -0.3 is 130 Å². The number of carboxylic acids is 1. The number of fused-ring (bicyclic) bond motifs is 2. The van der Waals surface area contributed by atoms with Gasteiger partial charge >= 0.3 is 5.97 Å². The largest absolute Gasteiger partial charge is 0.480 e. The molecule has 0 bridgehead atoms. The van der Waals surface area contributed by atoms with Gasteiger partial charge in [0.25, 0.3) is 0 Å². The lowest BCUT2D eigenvalue weighted by Gasteiger charge is -2.30. The molecule has 2 aromatic carbocycles. The van der Waals surface area contributed by atoms with Crippen molar-refractivity contribution in [1.29, 1.82) is 0 Å². The molecule has 0 saturated carbocycles. The first-order valence-electron chi connectivity index (χ1n) is 53.4. The van der Waals surface area contributed by atoms with Crippen molar-refractivity contribution in [1.82, 2.24) is 84.7 Å². The molecule has 0 fully saturated rings. The van der Waals surface area contributed by atoms with Gasteiger partial charge in [-0.3, -0.25) is 76.7 Å². The number of para-hydroxylation sites is 2. The zero-order valence-corrected chi connectivity index (χ0v) is 90.0. The predicted octanol–water partition coefficient (Wildman–Crippen LogP) is 4.43. The third-order valence-corrected chi connectivity index (χ3v) is 24.8. The summed E-state index contributed by atoms with van der Waals surface area (Å²) in [6.07, 6.45) is 7.06. The van der Waals surface area contributed by atoms with Crippen LogP contribution in [0.3, 0.4) is 0 Å². The normalized spacial score (nSPS) is 14.7. The van der Waals surface area contributed by atoms with Crippen LogP contribution in [0.4, 0.5) is 5.69 Å². The number of nitrogens with zero attached hydrogens (tertiary/aromatic N) is 1. The average molecular weight is 2050 g/mol. The Hall–Kier alpha value is -10.8. The van der Waals surface area contributed by atoms with Crippen LogP contribution < -0.4 is 125 Å². The van der Waals surface area contributed by atoms with Crippen molar-refractivity contribution in [3.05, 3.63) is 48.5 Å². The molecule has 15 atom stereocenters. The van der Waals surface area contributed by atoms with Crippen LogP contribution in [0.1, 0.15) is 297 Å².